The average Bonchev–Trinajstić information content (AvgIpc) is 3.27. The van der Waals surface area contributed by atoms with E-state index in [0.29, 0.717) is 29.7 Å². The predicted molar refractivity (Wildman–Crippen MR) is 111 cm³/mol. The number of thioether (sulfide) groups is 1. The van der Waals surface area contributed by atoms with Crippen LogP contribution in [0, 0.1) is 0 Å². The number of benzene rings is 2. The van der Waals surface area contributed by atoms with E-state index in [9.17, 15) is 19.2 Å². The van der Waals surface area contributed by atoms with E-state index < -0.39 is 18.2 Å². The topological polar surface area (TPSA) is 113 Å². The zero-order valence-electron chi connectivity index (χ0n) is 16.2. The molecule has 2 heterocycles. The fraction of sp³-hybridized carbons (Fsp3) is 0.238. The van der Waals surface area contributed by atoms with E-state index in [-0.39, 0.29) is 35.6 Å². The van der Waals surface area contributed by atoms with Crippen molar-refractivity contribution in [3.05, 3.63) is 59.7 Å². The Labute approximate surface area is 181 Å². The normalized spacial score (nSPS) is 18.5. The van der Waals surface area contributed by atoms with Crippen molar-refractivity contribution in [1.82, 2.24) is 4.90 Å². The number of amides is 2. The molecule has 2 aromatic rings. The third-order valence-corrected chi connectivity index (χ3v) is 5.58. The highest BCUT2D eigenvalue weighted by Gasteiger charge is 2.33. The molecule has 2 aliphatic heterocycles. The van der Waals surface area contributed by atoms with Crippen molar-refractivity contribution < 1.29 is 33.8 Å². The molecular formula is C21H18N2O7S. The van der Waals surface area contributed by atoms with E-state index >= 15 is 0 Å². The highest BCUT2D eigenvalue weighted by molar-refractivity contribution is 8.26. The molecule has 0 spiro atoms. The van der Waals surface area contributed by atoms with Crippen LogP contribution in [0.5, 0.6) is 5.75 Å². The van der Waals surface area contributed by atoms with Gasteiger partial charge in [-0.1, -0.05) is 12.1 Å². The van der Waals surface area contributed by atoms with Crippen LogP contribution in [0.2, 0.25) is 0 Å². The summed E-state index contributed by atoms with van der Waals surface area (Å²) in [5.41, 5.74) is 1.50. The Bertz CT molecular complexity index is 1040. The van der Waals surface area contributed by atoms with Gasteiger partial charge >= 0.3 is 12.1 Å². The number of hydrogen-bond donors (Lipinski definition) is 1. The summed E-state index contributed by atoms with van der Waals surface area (Å²) >= 11 is 0.714. The van der Waals surface area contributed by atoms with E-state index in [1.807, 2.05) is 6.07 Å². The Morgan fingerprint density at radius 2 is 1.94 bits per heavy atom. The molecule has 2 aromatic carbocycles. The van der Waals surface area contributed by atoms with Crippen LogP contribution in [0.1, 0.15) is 15.9 Å². The largest absolute Gasteiger partial charge is 0.490 e. The molecule has 1 atom stereocenters. The van der Waals surface area contributed by atoms with Crippen molar-refractivity contribution in [3.63, 3.8) is 0 Å². The maximum atomic E-state index is 12.2. The standard InChI is InChI=1S/C21H18N2O7S/c24-18-11-22(21(28)31-18)9-13-2-1-3-16(8-13)29-12-17-10-23(20(27)30-17)15-6-4-14(5-7-15)19(25)26/h1-8,17H,9-12H2,(H,25,26). The second-order valence-corrected chi connectivity index (χ2v) is 8.03. The zero-order valence-corrected chi connectivity index (χ0v) is 17.0. The van der Waals surface area contributed by atoms with Crippen molar-refractivity contribution in [1.29, 1.82) is 0 Å². The molecule has 0 aromatic heterocycles. The van der Waals surface area contributed by atoms with Crippen molar-refractivity contribution >= 4 is 39.9 Å². The van der Waals surface area contributed by atoms with Crippen LogP contribution in [0.25, 0.3) is 0 Å². The number of cyclic esters (lactones) is 1. The first-order valence-electron chi connectivity index (χ1n) is 9.42. The van der Waals surface area contributed by atoms with Crippen LogP contribution in [-0.4, -0.2) is 58.2 Å². The minimum atomic E-state index is -1.04. The van der Waals surface area contributed by atoms with E-state index in [0.717, 1.165) is 5.56 Å². The summed E-state index contributed by atoms with van der Waals surface area (Å²) in [6.45, 7) is 0.811. The Kier molecular flexibility index (Phi) is 5.81. The molecule has 0 saturated carbocycles. The summed E-state index contributed by atoms with van der Waals surface area (Å²) in [5, 5.41) is 8.56. The van der Waals surface area contributed by atoms with Crippen molar-refractivity contribution in [2.24, 2.45) is 0 Å². The van der Waals surface area contributed by atoms with Crippen molar-refractivity contribution in [3.8, 4) is 5.75 Å². The summed E-state index contributed by atoms with van der Waals surface area (Å²) in [5.74, 6) is -0.480. The molecule has 9 nitrogen and oxygen atoms in total. The smallest absolute Gasteiger partial charge is 0.414 e. The molecule has 160 valence electrons. The van der Waals surface area contributed by atoms with Gasteiger partial charge in [0, 0.05) is 24.0 Å². The summed E-state index contributed by atoms with van der Waals surface area (Å²) in [6, 6.07) is 13.1. The van der Waals surface area contributed by atoms with Gasteiger partial charge in [-0.3, -0.25) is 14.5 Å². The molecule has 2 saturated heterocycles. The molecule has 2 fully saturated rings. The summed E-state index contributed by atoms with van der Waals surface area (Å²) in [4.78, 5) is 49.2. The number of carboxylic acid groups (broad SMARTS) is 1. The van der Waals surface area contributed by atoms with Gasteiger partial charge in [0.1, 0.15) is 12.4 Å². The van der Waals surface area contributed by atoms with Crippen LogP contribution in [0.15, 0.2) is 48.5 Å². The minimum Gasteiger partial charge on any atom is -0.490 e. The number of ether oxygens (including phenoxy) is 2. The van der Waals surface area contributed by atoms with Crippen molar-refractivity contribution in [2.75, 3.05) is 24.6 Å². The lowest BCUT2D eigenvalue weighted by atomic mass is 10.2. The predicted octanol–water partition coefficient (Wildman–Crippen LogP) is 2.98. The Morgan fingerprint density at radius 1 is 1.16 bits per heavy atom. The fourth-order valence-electron chi connectivity index (χ4n) is 3.28. The monoisotopic (exact) mass is 442 g/mol. The molecule has 0 bridgehead atoms. The molecule has 4 rings (SSSR count). The van der Waals surface area contributed by atoms with E-state index in [1.165, 1.54) is 21.9 Å². The van der Waals surface area contributed by atoms with Gasteiger partial charge in [0.05, 0.1) is 18.7 Å². The minimum absolute atomic E-state index is 0.0931. The van der Waals surface area contributed by atoms with Gasteiger partial charge < -0.3 is 19.5 Å². The average molecular weight is 442 g/mol. The molecule has 31 heavy (non-hydrogen) atoms. The molecule has 2 amide bonds. The van der Waals surface area contributed by atoms with Crippen molar-refractivity contribution in [2.45, 2.75) is 12.6 Å². The molecule has 2 aliphatic rings. The number of anilines is 1. The Hall–Kier alpha value is -3.53. The van der Waals surface area contributed by atoms with Gasteiger partial charge in [-0.05, 0) is 42.0 Å². The molecule has 10 heteroatoms. The quantitative estimate of drug-likeness (QED) is 0.696. The van der Waals surface area contributed by atoms with Gasteiger partial charge in [-0.15, -0.1) is 0 Å². The highest BCUT2D eigenvalue weighted by atomic mass is 32.2. The number of aromatic carboxylic acids is 1. The third kappa shape index (κ3) is 4.80. The van der Waals surface area contributed by atoms with Gasteiger partial charge in [-0.2, -0.15) is 0 Å². The Morgan fingerprint density at radius 3 is 2.61 bits per heavy atom. The maximum absolute atomic E-state index is 12.2. The third-order valence-electron chi connectivity index (χ3n) is 4.79. The van der Waals surface area contributed by atoms with Crippen LogP contribution >= 0.6 is 11.8 Å². The SMILES string of the molecule is O=C1CN(Cc2cccc(OCC3CN(c4ccc(C(=O)O)cc4)C(=O)O3)c2)C(=O)S1. The summed E-state index contributed by atoms with van der Waals surface area (Å²) in [6.07, 6.45) is -1.02. The second-order valence-electron chi connectivity index (χ2n) is 7.02. The number of rotatable bonds is 7. The molecule has 1 N–H and O–H groups in total. The lowest BCUT2D eigenvalue weighted by Gasteiger charge is -2.15. The number of carbonyl (C=O) groups is 4. The summed E-state index contributed by atoms with van der Waals surface area (Å²) < 4.78 is 11.1. The van der Waals surface area contributed by atoms with E-state index in [2.05, 4.69) is 0 Å². The van der Waals surface area contributed by atoms with Gasteiger partial charge in [0.15, 0.2) is 6.10 Å². The van der Waals surface area contributed by atoms with Crippen LogP contribution < -0.4 is 9.64 Å². The zero-order chi connectivity index (χ0) is 22.0. The van der Waals surface area contributed by atoms with Crippen LogP contribution in [0.3, 0.4) is 0 Å². The Balaban J connectivity index is 1.33. The number of carbonyl (C=O) groups excluding carboxylic acids is 3. The fourth-order valence-corrected chi connectivity index (χ4v) is 3.95. The first kappa shape index (κ1) is 20.7. The van der Waals surface area contributed by atoms with Gasteiger partial charge in [-0.25, -0.2) is 9.59 Å². The van der Waals surface area contributed by atoms with Crippen LogP contribution in [-0.2, 0) is 16.1 Å². The highest BCUT2D eigenvalue weighted by Crippen LogP contribution is 2.25. The molecule has 1 unspecified atom stereocenters. The van der Waals surface area contributed by atoms with Crippen LogP contribution in [0.4, 0.5) is 15.3 Å². The second kappa shape index (κ2) is 8.68. The lowest BCUT2D eigenvalue weighted by molar-refractivity contribution is -0.110. The van der Waals surface area contributed by atoms with E-state index in [1.54, 1.807) is 30.3 Å². The summed E-state index contributed by atoms with van der Waals surface area (Å²) in [7, 11) is 0. The van der Waals surface area contributed by atoms with Gasteiger partial charge in [0.25, 0.3) is 5.24 Å². The number of carboxylic acids is 1. The number of hydrogen-bond acceptors (Lipinski definition) is 7. The maximum Gasteiger partial charge on any atom is 0.414 e. The molecule has 0 radical (unpaired) electrons. The number of nitrogens with zero attached hydrogens (tertiary/aromatic N) is 2. The first-order chi connectivity index (χ1) is 14.9. The van der Waals surface area contributed by atoms with E-state index in [4.69, 9.17) is 14.6 Å². The lowest BCUT2D eigenvalue weighted by Crippen LogP contribution is -2.26. The first-order valence-corrected chi connectivity index (χ1v) is 10.2. The molecule has 0 aliphatic carbocycles. The molecular weight excluding hydrogens is 424 g/mol. The van der Waals surface area contributed by atoms with Gasteiger partial charge in [0.2, 0.25) is 5.12 Å².